The Kier molecular flexibility index (Phi) is 2.45. The van der Waals surface area contributed by atoms with Crippen molar-refractivity contribution in [1.29, 1.82) is 0 Å². The molecule has 4 heteroatoms. The molecular formula is C5H12N2O2. The van der Waals surface area contributed by atoms with Crippen molar-refractivity contribution in [2.24, 2.45) is 11.5 Å². The molecule has 54 valence electrons. The van der Waals surface area contributed by atoms with Crippen LogP contribution < -0.4 is 11.5 Å². The van der Waals surface area contributed by atoms with Crippen LogP contribution >= 0.6 is 0 Å². The number of carbonyl (C=O) groups excluding carboxylic acids is 1. The maximum Gasteiger partial charge on any atom is 0.405 e. The molecule has 0 aliphatic rings. The van der Waals surface area contributed by atoms with Gasteiger partial charge in [0.25, 0.3) is 0 Å². The van der Waals surface area contributed by atoms with E-state index >= 15 is 0 Å². The lowest BCUT2D eigenvalue weighted by Crippen LogP contribution is -2.38. The molecule has 0 aliphatic carbocycles. The van der Waals surface area contributed by atoms with Gasteiger partial charge in [-0.1, -0.05) is 0 Å². The molecule has 0 bridgehead atoms. The van der Waals surface area contributed by atoms with Gasteiger partial charge in [0.2, 0.25) is 0 Å². The molecule has 0 aliphatic heterocycles. The van der Waals surface area contributed by atoms with Gasteiger partial charge >= 0.3 is 6.09 Å². The zero-order valence-electron chi connectivity index (χ0n) is 5.68. The average Bonchev–Trinajstić information content (AvgIpc) is 1.63. The summed E-state index contributed by atoms with van der Waals surface area (Å²) in [5.74, 6) is 0. The van der Waals surface area contributed by atoms with Gasteiger partial charge in [0.1, 0.15) is 5.60 Å². The largest absolute Gasteiger partial charge is 0.442 e. The maximum absolute atomic E-state index is 10.1. The van der Waals surface area contributed by atoms with Gasteiger partial charge in [-0.25, -0.2) is 4.79 Å². The van der Waals surface area contributed by atoms with Gasteiger partial charge in [-0.3, -0.25) is 0 Å². The Morgan fingerprint density at radius 1 is 1.67 bits per heavy atom. The standard InChI is InChI=1S/C5H12N2O2/c1-5(2,3-6)9-4(7)8/h3,6H2,1-2H3,(H2,7,8). The molecule has 1 amide bonds. The van der Waals surface area contributed by atoms with Gasteiger partial charge in [0.05, 0.1) is 0 Å². The Balaban J connectivity index is 3.71. The van der Waals surface area contributed by atoms with E-state index in [9.17, 15) is 4.79 Å². The van der Waals surface area contributed by atoms with Crippen LogP contribution in [-0.2, 0) is 4.74 Å². The molecule has 9 heavy (non-hydrogen) atoms. The van der Waals surface area contributed by atoms with Crippen molar-refractivity contribution in [2.45, 2.75) is 19.4 Å². The Hall–Kier alpha value is -0.770. The van der Waals surface area contributed by atoms with Crippen LogP contribution in [0.4, 0.5) is 4.79 Å². The fourth-order valence-corrected chi connectivity index (χ4v) is 0.314. The summed E-state index contributed by atoms with van der Waals surface area (Å²) in [7, 11) is 0. The second-order valence-corrected chi connectivity index (χ2v) is 2.38. The second kappa shape index (κ2) is 2.68. The smallest absolute Gasteiger partial charge is 0.405 e. The molecule has 0 rings (SSSR count). The fourth-order valence-electron chi connectivity index (χ4n) is 0.314. The third-order valence-corrected chi connectivity index (χ3v) is 0.868. The lowest BCUT2D eigenvalue weighted by Gasteiger charge is -2.20. The first-order valence-electron chi connectivity index (χ1n) is 2.66. The van der Waals surface area contributed by atoms with Crippen LogP contribution in [0.15, 0.2) is 0 Å². The highest BCUT2D eigenvalue weighted by Gasteiger charge is 2.18. The molecule has 0 heterocycles. The normalized spacial score (nSPS) is 11.0. The quantitative estimate of drug-likeness (QED) is 0.547. The summed E-state index contributed by atoms with van der Waals surface area (Å²) in [4.78, 5) is 10.1. The van der Waals surface area contributed by atoms with Gasteiger partial charge in [-0.2, -0.15) is 0 Å². The number of ether oxygens (including phenoxy) is 1. The molecular weight excluding hydrogens is 120 g/mol. The summed E-state index contributed by atoms with van der Waals surface area (Å²) in [6, 6.07) is 0. The van der Waals surface area contributed by atoms with Crippen molar-refractivity contribution in [3.63, 3.8) is 0 Å². The SMILES string of the molecule is CC(C)(CN)OC(N)=O. The number of carbonyl (C=O) groups is 1. The van der Waals surface area contributed by atoms with Crippen LogP contribution in [0.2, 0.25) is 0 Å². The summed E-state index contributed by atoms with van der Waals surface area (Å²) in [6.45, 7) is 3.66. The molecule has 0 aromatic carbocycles. The highest BCUT2D eigenvalue weighted by Crippen LogP contribution is 2.04. The summed E-state index contributed by atoms with van der Waals surface area (Å²) in [5.41, 5.74) is 9.33. The topological polar surface area (TPSA) is 78.3 Å². The summed E-state index contributed by atoms with van der Waals surface area (Å²) in [6.07, 6.45) is -0.787. The van der Waals surface area contributed by atoms with E-state index < -0.39 is 11.7 Å². The highest BCUT2D eigenvalue weighted by atomic mass is 16.6. The van der Waals surface area contributed by atoms with Gasteiger partial charge < -0.3 is 16.2 Å². The minimum absolute atomic E-state index is 0.274. The first-order valence-corrected chi connectivity index (χ1v) is 2.66. The Bertz CT molecular complexity index is 112. The molecule has 0 atom stereocenters. The number of primary amides is 1. The summed E-state index contributed by atoms with van der Waals surface area (Å²) >= 11 is 0. The number of hydrogen-bond acceptors (Lipinski definition) is 3. The minimum atomic E-state index is -0.787. The lowest BCUT2D eigenvalue weighted by molar-refractivity contribution is 0.0523. The van der Waals surface area contributed by atoms with E-state index in [4.69, 9.17) is 11.5 Å². The molecule has 4 N–H and O–H groups in total. The molecule has 0 radical (unpaired) electrons. The summed E-state index contributed by atoms with van der Waals surface area (Å²) in [5, 5.41) is 0. The molecule has 0 saturated carbocycles. The first-order chi connectivity index (χ1) is 3.98. The average molecular weight is 132 g/mol. The predicted octanol–water partition coefficient (Wildman–Crippen LogP) is -0.181. The zero-order valence-corrected chi connectivity index (χ0v) is 5.68. The lowest BCUT2D eigenvalue weighted by atomic mass is 10.1. The van der Waals surface area contributed by atoms with Crippen LogP contribution in [0.25, 0.3) is 0 Å². The van der Waals surface area contributed by atoms with Crippen LogP contribution in [0.5, 0.6) is 0 Å². The first kappa shape index (κ1) is 8.23. The Morgan fingerprint density at radius 3 is 2.22 bits per heavy atom. The highest BCUT2D eigenvalue weighted by molar-refractivity contribution is 5.65. The molecule has 0 spiro atoms. The molecule has 0 fully saturated rings. The van der Waals surface area contributed by atoms with Crippen molar-refractivity contribution < 1.29 is 9.53 Å². The van der Waals surface area contributed by atoms with Crippen LogP contribution in [0.1, 0.15) is 13.8 Å². The predicted molar refractivity (Wildman–Crippen MR) is 33.8 cm³/mol. The molecule has 4 nitrogen and oxygen atoms in total. The zero-order chi connectivity index (χ0) is 7.49. The van der Waals surface area contributed by atoms with Gasteiger partial charge in [-0.05, 0) is 13.8 Å². The van der Waals surface area contributed by atoms with E-state index in [1.165, 1.54) is 0 Å². The van der Waals surface area contributed by atoms with E-state index in [1.54, 1.807) is 13.8 Å². The second-order valence-electron chi connectivity index (χ2n) is 2.38. The summed E-state index contributed by atoms with van der Waals surface area (Å²) < 4.78 is 4.60. The molecule has 0 unspecified atom stereocenters. The molecule has 0 aromatic heterocycles. The van der Waals surface area contributed by atoms with Crippen molar-refractivity contribution >= 4 is 6.09 Å². The van der Waals surface area contributed by atoms with E-state index in [0.717, 1.165) is 0 Å². The van der Waals surface area contributed by atoms with Crippen molar-refractivity contribution in [3.05, 3.63) is 0 Å². The fraction of sp³-hybridized carbons (Fsp3) is 0.800. The van der Waals surface area contributed by atoms with E-state index in [-0.39, 0.29) is 6.54 Å². The van der Waals surface area contributed by atoms with Crippen molar-refractivity contribution in [2.75, 3.05) is 6.54 Å². The van der Waals surface area contributed by atoms with Gasteiger partial charge in [-0.15, -0.1) is 0 Å². The van der Waals surface area contributed by atoms with Crippen LogP contribution in [0, 0.1) is 0 Å². The number of amides is 1. The number of nitrogens with two attached hydrogens (primary N) is 2. The molecule has 0 aromatic rings. The third-order valence-electron chi connectivity index (χ3n) is 0.868. The van der Waals surface area contributed by atoms with Crippen LogP contribution in [-0.4, -0.2) is 18.2 Å². The van der Waals surface area contributed by atoms with E-state index in [1.807, 2.05) is 0 Å². The maximum atomic E-state index is 10.1. The Labute approximate surface area is 54.2 Å². The number of hydrogen-bond donors (Lipinski definition) is 2. The van der Waals surface area contributed by atoms with Crippen molar-refractivity contribution in [1.82, 2.24) is 0 Å². The minimum Gasteiger partial charge on any atom is -0.442 e. The van der Waals surface area contributed by atoms with Crippen LogP contribution in [0.3, 0.4) is 0 Å². The third kappa shape index (κ3) is 3.78. The van der Waals surface area contributed by atoms with Gasteiger partial charge in [0.15, 0.2) is 0 Å². The van der Waals surface area contributed by atoms with Crippen molar-refractivity contribution in [3.8, 4) is 0 Å². The monoisotopic (exact) mass is 132 g/mol. The van der Waals surface area contributed by atoms with E-state index in [2.05, 4.69) is 4.74 Å². The molecule has 0 saturated heterocycles. The van der Waals surface area contributed by atoms with Gasteiger partial charge in [0, 0.05) is 6.54 Å². The Morgan fingerprint density at radius 2 is 2.11 bits per heavy atom. The number of rotatable bonds is 2. The van der Waals surface area contributed by atoms with E-state index in [0.29, 0.717) is 0 Å².